The Kier molecular flexibility index (Phi) is 7.94. The van der Waals surface area contributed by atoms with Crippen LogP contribution < -0.4 is 15.4 Å². The van der Waals surface area contributed by atoms with Gasteiger partial charge >= 0.3 is 0 Å². The van der Waals surface area contributed by atoms with Gasteiger partial charge in [0.05, 0.1) is 13.0 Å². The maximum atomic E-state index is 12.0. The lowest BCUT2D eigenvalue weighted by Crippen LogP contribution is -2.28. The Hall–Kier alpha value is -2.05. The van der Waals surface area contributed by atoms with Crippen molar-refractivity contribution in [2.45, 2.75) is 19.8 Å². The van der Waals surface area contributed by atoms with E-state index in [4.69, 9.17) is 16.3 Å². The van der Waals surface area contributed by atoms with Gasteiger partial charge in [0, 0.05) is 28.1 Å². The Labute approximate surface area is 166 Å². The molecule has 2 amide bonds. The molecule has 0 saturated heterocycles. The van der Waals surface area contributed by atoms with E-state index < -0.39 is 0 Å². The average Bonchev–Trinajstić information content (AvgIpc) is 2.60. The molecule has 2 N–H and O–H groups in total. The van der Waals surface area contributed by atoms with Crippen molar-refractivity contribution in [1.29, 1.82) is 0 Å². The van der Waals surface area contributed by atoms with E-state index in [-0.39, 0.29) is 37.8 Å². The molecule has 0 atom stereocenters. The van der Waals surface area contributed by atoms with Crippen molar-refractivity contribution in [3.63, 3.8) is 0 Å². The van der Waals surface area contributed by atoms with Gasteiger partial charge < -0.3 is 15.4 Å². The lowest BCUT2D eigenvalue weighted by Gasteiger charge is -2.10. The Morgan fingerprint density at radius 3 is 2.54 bits per heavy atom. The second-order valence-electron chi connectivity index (χ2n) is 5.66. The van der Waals surface area contributed by atoms with Gasteiger partial charge in [-0.2, -0.15) is 0 Å². The molecule has 7 heteroatoms. The van der Waals surface area contributed by atoms with Gasteiger partial charge in [0.25, 0.3) is 0 Å². The molecule has 0 aliphatic carbocycles. The second kappa shape index (κ2) is 10.2. The highest BCUT2D eigenvalue weighted by molar-refractivity contribution is 9.10. The maximum Gasteiger partial charge on any atom is 0.226 e. The number of nitrogens with one attached hydrogen (secondary N) is 2. The van der Waals surface area contributed by atoms with Crippen molar-refractivity contribution in [1.82, 2.24) is 5.32 Å². The zero-order valence-electron chi connectivity index (χ0n) is 14.4. The van der Waals surface area contributed by atoms with Gasteiger partial charge in [-0.25, -0.2) is 0 Å². The fourth-order valence-corrected chi connectivity index (χ4v) is 2.62. The van der Waals surface area contributed by atoms with Crippen LogP contribution in [0.25, 0.3) is 0 Å². The lowest BCUT2D eigenvalue weighted by molar-refractivity contribution is -0.121. The first kappa shape index (κ1) is 20.3. The third-order valence-corrected chi connectivity index (χ3v) is 4.30. The third-order valence-electron chi connectivity index (χ3n) is 3.56. The van der Waals surface area contributed by atoms with Crippen LogP contribution in [0, 0.1) is 6.92 Å². The van der Waals surface area contributed by atoms with Gasteiger partial charge in [-0.3, -0.25) is 9.59 Å². The largest absolute Gasteiger partial charge is 0.493 e. The lowest BCUT2D eigenvalue weighted by atomic mass is 10.2. The van der Waals surface area contributed by atoms with Gasteiger partial charge in [0.15, 0.2) is 0 Å². The molecule has 26 heavy (non-hydrogen) atoms. The molecule has 0 aliphatic rings. The summed E-state index contributed by atoms with van der Waals surface area (Å²) >= 11 is 9.17. The van der Waals surface area contributed by atoms with Crippen molar-refractivity contribution >= 4 is 45.0 Å². The summed E-state index contributed by atoms with van der Waals surface area (Å²) < 4.78 is 6.35. The van der Waals surface area contributed by atoms with E-state index in [0.717, 1.165) is 15.7 Å². The number of carbonyl (C=O) groups is 2. The predicted molar refractivity (Wildman–Crippen MR) is 107 cm³/mol. The molecule has 5 nitrogen and oxygen atoms in total. The Morgan fingerprint density at radius 1 is 1.08 bits per heavy atom. The normalized spacial score (nSPS) is 10.3. The molecule has 0 radical (unpaired) electrons. The van der Waals surface area contributed by atoms with Crippen LogP contribution in [0.4, 0.5) is 5.69 Å². The zero-order chi connectivity index (χ0) is 18.9. The smallest absolute Gasteiger partial charge is 0.226 e. The van der Waals surface area contributed by atoms with Crippen LogP contribution in [-0.2, 0) is 9.59 Å². The molecular weight excluding hydrogens is 420 g/mol. The summed E-state index contributed by atoms with van der Waals surface area (Å²) in [4.78, 5) is 23.7. The zero-order valence-corrected chi connectivity index (χ0v) is 16.7. The average molecular weight is 440 g/mol. The fourth-order valence-electron chi connectivity index (χ4n) is 2.14. The number of hydrogen-bond donors (Lipinski definition) is 2. The number of rotatable bonds is 8. The number of anilines is 1. The summed E-state index contributed by atoms with van der Waals surface area (Å²) in [6.45, 7) is 2.46. The minimum absolute atomic E-state index is 0.149. The van der Waals surface area contributed by atoms with Crippen LogP contribution in [0.1, 0.15) is 18.4 Å². The van der Waals surface area contributed by atoms with Crippen molar-refractivity contribution in [2.75, 3.05) is 18.5 Å². The molecule has 0 heterocycles. The van der Waals surface area contributed by atoms with Crippen LogP contribution in [0.3, 0.4) is 0 Å². The third kappa shape index (κ3) is 7.06. The van der Waals surface area contributed by atoms with E-state index in [1.54, 1.807) is 24.3 Å². The highest BCUT2D eigenvalue weighted by Crippen LogP contribution is 2.20. The van der Waals surface area contributed by atoms with Crippen LogP contribution >= 0.6 is 27.5 Å². The number of hydrogen-bond acceptors (Lipinski definition) is 3. The topological polar surface area (TPSA) is 67.4 Å². The summed E-state index contributed by atoms with van der Waals surface area (Å²) in [6.07, 6.45) is 0.421. The molecule has 2 aromatic carbocycles. The Balaban J connectivity index is 1.63. The molecule has 2 aromatic rings. The molecule has 0 bridgehead atoms. The van der Waals surface area contributed by atoms with Gasteiger partial charge in [0.2, 0.25) is 11.8 Å². The first-order chi connectivity index (χ1) is 12.4. The monoisotopic (exact) mass is 438 g/mol. The standard InChI is InChI=1S/C19H20BrClN2O3/c1-13-2-3-14(20)12-17(13)23-19(25)8-10-22-18(24)9-11-26-16-6-4-15(21)5-7-16/h2-7,12H,8-11H2,1H3,(H,22,24)(H,23,25). The summed E-state index contributed by atoms with van der Waals surface area (Å²) in [5.41, 5.74) is 1.73. The number of halogens is 2. The molecule has 0 aromatic heterocycles. The summed E-state index contributed by atoms with van der Waals surface area (Å²) in [5.74, 6) is 0.347. The first-order valence-corrected chi connectivity index (χ1v) is 9.32. The Bertz CT molecular complexity index is 766. The summed E-state index contributed by atoms with van der Waals surface area (Å²) in [7, 11) is 0. The SMILES string of the molecule is Cc1ccc(Br)cc1NC(=O)CCNC(=O)CCOc1ccc(Cl)cc1. The number of ether oxygens (including phenoxy) is 1. The van der Waals surface area contributed by atoms with Crippen LogP contribution in [0.5, 0.6) is 5.75 Å². The van der Waals surface area contributed by atoms with Crippen LogP contribution in [0.2, 0.25) is 5.02 Å². The second-order valence-corrected chi connectivity index (χ2v) is 7.01. The van der Waals surface area contributed by atoms with Gasteiger partial charge in [-0.15, -0.1) is 0 Å². The van der Waals surface area contributed by atoms with E-state index in [0.29, 0.717) is 10.8 Å². The molecule has 2 rings (SSSR count). The summed E-state index contributed by atoms with van der Waals surface area (Å²) in [6, 6.07) is 12.6. The molecular formula is C19H20BrClN2O3. The van der Waals surface area contributed by atoms with E-state index in [2.05, 4.69) is 26.6 Å². The van der Waals surface area contributed by atoms with E-state index in [9.17, 15) is 9.59 Å². The minimum Gasteiger partial charge on any atom is -0.493 e. The molecule has 0 aliphatic heterocycles. The van der Waals surface area contributed by atoms with Crippen molar-refractivity contribution in [2.24, 2.45) is 0 Å². The number of aryl methyl sites for hydroxylation is 1. The van der Waals surface area contributed by atoms with E-state index >= 15 is 0 Å². The number of benzene rings is 2. The predicted octanol–water partition coefficient (Wildman–Crippen LogP) is 4.32. The van der Waals surface area contributed by atoms with Gasteiger partial charge in [0.1, 0.15) is 5.75 Å². The highest BCUT2D eigenvalue weighted by atomic mass is 79.9. The van der Waals surface area contributed by atoms with Crippen LogP contribution in [0.15, 0.2) is 46.9 Å². The molecule has 0 spiro atoms. The molecule has 0 fully saturated rings. The van der Waals surface area contributed by atoms with Gasteiger partial charge in [-0.05, 0) is 48.9 Å². The van der Waals surface area contributed by atoms with Crippen molar-refractivity contribution < 1.29 is 14.3 Å². The van der Waals surface area contributed by atoms with Gasteiger partial charge in [-0.1, -0.05) is 33.6 Å². The van der Waals surface area contributed by atoms with Crippen molar-refractivity contribution in [3.05, 3.63) is 57.5 Å². The fraction of sp³-hybridized carbons (Fsp3) is 0.263. The molecule has 0 saturated carbocycles. The summed E-state index contributed by atoms with van der Waals surface area (Å²) in [5, 5.41) is 6.18. The Morgan fingerprint density at radius 2 is 1.81 bits per heavy atom. The number of carbonyl (C=O) groups excluding carboxylic acids is 2. The van der Waals surface area contributed by atoms with E-state index in [1.807, 2.05) is 25.1 Å². The number of amides is 2. The molecule has 0 unspecified atom stereocenters. The molecule has 138 valence electrons. The highest BCUT2D eigenvalue weighted by Gasteiger charge is 2.07. The maximum absolute atomic E-state index is 12.0. The quantitative estimate of drug-likeness (QED) is 0.643. The van der Waals surface area contributed by atoms with Crippen molar-refractivity contribution in [3.8, 4) is 5.75 Å². The van der Waals surface area contributed by atoms with E-state index in [1.165, 1.54) is 0 Å². The minimum atomic E-state index is -0.162. The first-order valence-electron chi connectivity index (χ1n) is 8.15. The van der Waals surface area contributed by atoms with Crippen LogP contribution in [-0.4, -0.2) is 25.0 Å².